The van der Waals surface area contributed by atoms with Crippen molar-refractivity contribution < 1.29 is 9.53 Å². The lowest BCUT2D eigenvalue weighted by Crippen LogP contribution is -2.10. The summed E-state index contributed by atoms with van der Waals surface area (Å²) < 4.78 is 5.04. The van der Waals surface area contributed by atoms with E-state index in [1.54, 1.807) is 7.11 Å². The lowest BCUT2D eigenvalue weighted by atomic mass is 9.85. The molecular formula is C18H28O2S. The van der Waals surface area contributed by atoms with Crippen LogP contribution in [-0.4, -0.2) is 18.2 Å². The lowest BCUT2D eigenvalue weighted by molar-refractivity contribution is 0.108. The molecule has 0 radical (unpaired) electrons. The van der Waals surface area contributed by atoms with Gasteiger partial charge in [0.25, 0.3) is 0 Å². The summed E-state index contributed by atoms with van der Waals surface area (Å²) in [6.45, 7) is 13.0. The number of carbonyl (C=O) groups excluding carboxylic acids is 1. The van der Waals surface area contributed by atoms with Crippen molar-refractivity contribution in [3.05, 3.63) is 34.4 Å². The van der Waals surface area contributed by atoms with Gasteiger partial charge in [0.1, 0.15) is 0 Å². The number of ether oxygens (including phenoxy) is 1. The van der Waals surface area contributed by atoms with E-state index >= 15 is 0 Å². The minimum absolute atomic E-state index is 0.125. The molecule has 1 aromatic carbocycles. The molecule has 0 amide bonds. The molecule has 0 bridgehead atoms. The summed E-state index contributed by atoms with van der Waals surface area (Å²) in [5.74, 6) is 1.54. The molecule has 0 N–H and O–H groups in total. The largest absolute Gasteiger partial charge is 0.374 e. The van der Waals surface area contributed by atoms with Crippen molar-refractivity contribution in [1.29, 1.82) is 0 Å². The van der Waals surface area contributed by atoms with Crippen LogP contribution in [0.2, 0.25) is 0 Å². The highest BCUT2D eigenvalue weighted by Gasteiger charge is 2.22. The van der Waals surface area contributed by atoms with Crippen LogP contribution in [0.25, 0.3) is 0 Å². The summed E-state index contributed by atoms with van der Waals surface area (Å²) in [4.78, 5) is 12.6. The summed E-state index contributed by atoms with van der Waals surface area (Å²) >= 11 is 1.25. The van der Waals surface area contributed by atoms with E-state index in [-0.39, 0.29) is 5.12 Å². The SMILES string of the molecule is COCSC(=O)c1c(C(C)C)cc(C(C)C)cc1C(C)C. The Hall–Kier alpha value is -0.800. The number of hydrogen-bond acceptors (Lipinski definition) is 3. The Morgan fingerprint density at radius 1 is 1.00 bits per heavy atom. The zero-order valence-corrected chi connectivity index (χ0v) is 15.1. The van der Waals surface area contributed by atoms with Gasteiger partial charge in [-0.25, -0.2) is 0 Å². The van der Waals surface area contributed by atoms with Crippen LogP contribution in [0.3, 0.4) is 0 Å². The molecule has 0 aromatic heterocycles. The summed E-state index contributed by atoms with van der Waals surface area (Å²) in [5, 5.41) is 0.125. The van der Waals surface area contributed by atoms with Crippen LogP contribution in [0.15, 0.2) is 12.1 Å². The summed E-state index contributed by atoms with van der Waals surface area (Å²) in [6.07, 6.45) is 0. The van der Waals surface area contributed by atoms with Crippen LogP contribution in [-0.2, 0) is 4.74 Å². The maximum absolute atomic E-state index is 12.6. The molecule has 0 spiro atoms. The van der Waals surface area contributed by atoms with Gasteiger partial charge in [0.05, 0.1) is 5.94 Å². The highest BCUT2D eigenvalue weighted by molar-refractivity contribution is 8.14. The van der Waals surface area contributed by atoms with Crippen LogP contribution in [0.1, 0.15) is 86.3 Å². The third-order valence-electron chi connectivity index (χ3n) is 3.64. The van der Waals surface area contributed by atoms with Crippen LogP contribution in [0.5, 0.6) is 0 Å². The van der Waals surface area contributed by atoms with E-state index in [1.807, 2.05) is 0 Å². The number of rotatable bonds is 6. The Balaban J connectivity index is 3.46. The standard InChI is InChI=1S/C18H28O2S/c1-11(2)14-8-15(12(3)4)17(16(9-14)13(5)6)18(19)21-10-20-7/h8-9,11-13H,10H2,1-7H3. The third kappa shape index (κ3) is 4.58. The first-order valence-electron chi connectivity index (χ1n) is 7.63. The second-order valence-corrected chi connectivity index (χ2v) is 7.27. The molecule has 1 aromatic rings. The number of hydrogen-bond donors (Lipinski definition) is 0. The molecule has 0 saturated carbocycles. The quantitative estimate of drug-likeness (QED) is 0.646. The molecule has 3 heteroatoms. The van der Waals surface area contributed by atoms with Gasteiger partial charge in [-0.2, -0.15) is 0 Å². The monoisotopic (exact) mass is 308 g/mol. The fourth-order valence-electron chi connectivity index (χ4n) is 2.38. The maximum Gasteiger partial charge on any atom is 0.222 e. The highest BCUT2D eigenvalue weighted by Crippen LogP contribution is 2.34. The van der Waals surface area contributed by atoms with Gasteiger partial charge >= 0.3 is 0 Å². The van der Waals surface area contributed by atoms with Crippen molar-refractivity contribution in [3.8, 4) is 0 Å². The van der Waals surface area contributed by atoms with Crippen LogP contribution >= 0.6 is 11.8 Å². The zero-order valence-electron chi connectivity index (χ0n) is 14.3. The first-order chi connectivity index (χ1) is 9.79. The van der Waals surface area contributed by atoms with E-state index in [0.29, 0.717) is 23.7 Å². The molecule has 0 atom stereocenters. The molecule has 21 heavy (non-hydrogen) atoms. The number of methoxy groups -OCH3 is 1. The van der Waals surface area contributed by atoms with Gasteiger partial charge in [-0.1, -0.05) is 65.4 Å². The zero-order chi connectivity index (χ0) is 16.2. The van der Waals surface area contributed by atoms with Gasteiger partial charge in [-0.3, -0.25) is 4.79 Å². The number of carbonyl (C=O) groups is 1. The van der Waals surface area contributed by atoms with Crippen molar-refractivity contribution in [2.24, 2.45) is 0 Å². The van der Waals surface area contributed by atoms with E-state index in [2.05, 4.69) is 53.7 Å². The maximum atomic E-state index is 12.6. The van der Waals surface area contributed by atoms with Gasteiger partial charge in [0, 0.05) is 12.7 Å². The van der Waals surface area contributed by atoms with E-state index < -0.39 is 0 Å². The predicted molar refractivity (Wildman–Crippen MR) is 92.5 cm³/mol. The minimum atomic E-state index is 0.125. The van der Waals surface area contributed by atoms with Crippen LogP contribution < -0.4 is 0 Å². The molecule has 0 saturated heterocycles. The molecule has 0 heterocycles. The van der Waals surface area contributed by atoms with Crippen LogP contribution in [0, 0.1) is 0 Å². The molecule has 0 aliphatic heterocycles. The summed E-state index contributed by atoms with van der Waals surface area (Å²) in [6, 6.07) is 4.42. The van der Waals surface area contributed by atoms with Gasteiger partial charge in [-0.05, 0) is 34.4 Å². The normalized spacial score (nSPS) is 11.7. The Kier molecular flexibility index (Phi) is 6.95. The van der Waals surface area contributed by atoms with E-state index in [0.717, 1.165) is 5.56 Å². The molecule has 0 fully saturated rings. The van der Waals surface area contributed by atoms with Gasteiger partial charge in [0.2, 0.25) is 5.12 Å². The van der Waals surface area contributed by atoms with Gasteiger partial charge in [0.15, 0.2) is 0 Å². The van der Waals surface area contributed by atoms with Crippen molar-refractivity contribution in [1.82, 2.24) is 0 Å². The first-order valence-corrected chi connectivity index (χ1v) is 8.61. The topological polar surface area (TPSA) is 26.3 Å². The molecule has 0 aliphatic rings. The summed E-state index contributed by atoms with van der Waals surface area (Å²) in [7, 11) is 1.62. The molecular weight excluding hydrogens is 280 g/mol. The second kappa shape index (κ2) is 8.00. The number of benzene rings is 1. The van der Waals surface area contributed by atoms with Crippen molar-refractivity contribution >= 4 is 16.9 Å². The van der Waals surface area contributed by atoms with Crippen molar-refractivity contribution in [2.75, 3.05) is 13.0 Å². The second-order valence-electron chi connectivity index (χ2n) is 6.38. The first kappa shape index (κ1) is 18.2. The van der Waals surface area contributed by atoms with Crippen molar-refractivity contribution in [2.45, 2.75) is 59.3 Å². The van der Waals surface area contributed by atoms with Crippen LogP contribution in [0.4, 0.5) is 0 Å². The van der Waals surface area contributed by atoms with E-state index in [4.69, 9.17) is 4.74 Å². The number of thioether (sulfide) groups is 1. The summed E-state index contributed by atoms with van der Waals surface area (Å²) in [5.41, 5.74) is 4.54. The Bertz CT molecular complexity index is 461. The highest BCUT2D eigenvalue weighted by atomic mass is 32.2. The molecule has 1 rings (SSSR count). The van der Waals surface area contributed by atoms with Crippen molar-refractivity contribution in [3.63, 3.8) is 0 Å². The molecule has 2 nitrogen and oxygen atoms in total. The van der Waals surface area contributed by atoms with E-state index in [9.17, 15) is 4.79 Å². The minimum Gasteiger partial charge on any atom is -0.374 e. The van der Waals surface area contributed by atoms with E-state index in [1.165, 1.54) is 28.5 Å². The van der Waals surface area contributed by atoms with Gasteiger partial charge < -0.3 is 4.74 Å². The Morgan fingerprint density at radius 2 is 1.48 bits per heavy atom. The fourth-order valence-corrected chi connectivity index (χ4v) is 2.98. The molecule has 118 valence electrons. The Morgan fingerprint density at radius 3 is 1.81 bits per heavy atom. The smallest absolute Gasteiger partial charge is 0.222 e. The lowest BCUT2D eigenvalue weighted by Gasteiger charge is -2.21. The fraction of sp³-hybridized carbons (Fsp3) is 0.611. The third-order valence-corrected chi connectivity index (χ3v) is 4.46. The van der Waals surface area contributed by atoms with Gasteiger partial charge in [-0.15, -0.1) is 0 Å². The average molecular weight is 308 g/mol. The average Bonchev–Trinajstić information content (AvgIpc) is 2.42. The Labute approximate surface area is 133 Å². The molecule has 0 unspecified atom stereocenters. The molecule has 0 aliphatic carbocycles. The predicted octanol–water partition coefficient (Wildman–Crippen LogP) is 5.53.